The fourth-order valence-corrected chi connectivity index (χ4v) is 1.67. The van der Waals surface area contributed by atoms with Gasteiger partial charge in [-0.3, -0.25) is 4.79 Å². The van der Waals surface area contributed by atoms with Crippen molar-refractivity contribution in [2.75, 3.05) is 11.1 Å². The highest BCUT2D eigenvalue weighted by Gasteiger charge is 2.18. The quantitative estimate of drug-likeness (QED) is 0.667. The third kappa shape index (κ3) is 4.07. The van der Waals surface area contributed by atoms with Crippen molar-refractivity contribution in [1.29, 1.82) is 0 Å². The maximum atomic E-state index is 11.9. The second-order valence-corrected chi connectivity index (χ2v) is 4.52. The lowest BCUT2D eigenvalue weighted by atomic mass is 10.2. The number of nitrogen functional groups attached to an aromatic ring is 1. The molecule has 2 aromatic carbocycles. The molecule has 21 heavy (non-hydrogen) atoms. The number of anilines is 2. The van der Waals surface area contributed by atoms with Gasteiger partial charge in [-0.05, 0) is 43.3 Å². The topological polar surface area (TPSA) is 81.4 Å². The molecule has 2 aromatic rings. The largest absolute Gasteiger partial charge is 0.449 e. The number of esters is 1. The van der Waals surface area contributed by atoms with Crippen molar-refractivity contribution in [1.82, 2.24) is 0 Å². The number of benzene rings is 2. The van der Waals surface area contributed by atoms with Gasteiger partial charge in [0, 0.05) is 11.4 Å². The molecular formula is C16H16N2O3. The van der Waals surface area contributed by atoms with Crippen molar-refractivity contribution in [2.24, 2.45) is 0 Å². The van der Waals surface area contributed by atoms with E-state index in [0.29, 0.717) is 16.9 Å². The lowest BCUT2D eigenvalue weighted by molar-refractivity contribution is -0.123. The number of hydrogen-bond acceptors (Lipinski definition) is 4. The lowest BCUT2D eigenvalue weighted by Crippen LogP contribution is -2.29. The van der Waals surface area contributed by atoms with Crippen LogP contribution in [0.1, 0.15) is 17.3 Å². The highest BCUT2D eigenvalue weighted by atomic mass is 16.5. The van der Waals surface area contributed by atoms with Gasteiger partial charge in [0.15, 0.2) is 6.10 Å². The van der Waals surface area contributed by atoms with Gasteiger partial charge >= 0.3 is 5.97 Å². The Morgan fingerprint density at radius 1 is 1.05 bits per heavy atom. The number of para-hydroxylation sites is 1. The minimum atomic E-state index is -0.893. The summed E-state index contributed by atoms with van der Waals surface area (Å²) >= 11 is 0. The smallest absolute Gasteiger partial charge is 0.338 e. The molecular weight excluding hydrogens is 268 g/mol. The number of nitrogens with two attached hydrogens (primary N) is 1. The van der Waals surface area contributed by atoms with Crippen LogP contribution in [0.5, 0.6) is 0 Å². The van der Waals surface area contributed by atoms with Crippen LogP contribution < -0.4 is 11.1 Å². The summed E-state index contributed by atoms with van der Waals surface area (Å²) in [4.78, 5) is 23.8. The van der Waals surface area contributed by atoms with Crippen LogP contribution in [-0.2, 0) is 9.53 Å². The van der Waals surface area contributed by atoms with E-state index in [1.165, 1.54) is 6.92 Å². The Bertz CT molecular complexity index is 624. The van der Waals surface area contributed by atoms with Crippen LogP contribution >= 0.6 is 0 Å². The van der Waals surface area contributed by atoms with E-state index in [4.69, 9.17) is 10.5 Å². The summed E-state index contributed by atoms with van der Waals surface area (Å²) in [6.45, 7) is 1.52. The number of rotatable bonds is 4. The Labute approximate surface area is 122 Å². The SMILES string of the molecule is C[C@@H](OC(=O)c1ccc(N)cc1)C(=O)Nc1ccccc1. The summed E-state index contributed by atoms with van der Waals surface area (Å²) < 4.78 is 5.12. The highest BCUT2D eigenvalue weighted by Crippen LogP contribution is 2.10. The standard InChI is InChI=1S/C16H16N2O3/c1-11(15(19)18-14-5-3-2-4-6-14)21-16(20)12-7-9-13(17)10-8-12/h2-11H,17H2,1H3,(H,18,19)/t11-/m1/s1. The van der Waals surface area contributed by atoms with Crippen molar-refractivity contribution in [2.45, 2.75) is 13.0 Å². The molecule has 0 unspecified atom stereocenters. The molecule has 1 atom stereocenters. The van der Waals surface area contributed by atoms with Gasteiger partial charge in [-0.15, -0.1) is 0 Å². The van der Waals surface area contributed by atoms with E-state index in [0.717, 1.165) is 0 Å². The van der Waals surface area contributed by atoms with Gasteiger partial charge in [-0.1, -0.05) is 18.2 Å². The van der Waals surface area contributed by atoms with E-state index >= 15 is 0 Å². The molecule has 2 rings (SSSR count). The summed E-state index contributed by atoms with van der Waals surface area (Å²) in [6, 6.07) is 15.3. The summed E-state index contributed by atoms with van der Waals surface area (Å²) in [6.07, 6.45) is -0.893. The maximum absolute atomic E-state index is 11.9. The fraction of sp³-hybridized carbons (Fsp3) is 0.125. The molecule has 108 valence electrons. The molecule has 5 nitrogen and oxygen atoms in total. The van der Waals surface area contributed by atoms with Crippen LogP contribution in [0.2, 0.25) is 0 Å². The van der Waals surface area contributed by atoms with Crippen molar-refractivity contribution in [3.05, 3.63) is 60.2 Å². The van der Waals surface area contributed by atoms with Gasteiger partial charge in [0.1, 0.15) is 0 Å². The normalized spacial score (nSPS) is 11.5. The molecule has 0 fully saturated rings. The molecule has 0 bridgehead atoms. The van der Waals surface area contributed by atoms with Crippen LogP contribution in [0.4, 0.5) is 11.4 Å². The minimum absolute atomic E-state index is 0.351. The molecule has 1 amide bonds. The highest BCUT2D eigenvalue weighted by molar-refractivity contribution is 5.97. The first-order valence-electron chi connectivity index (χ1n) is 6.48. The first-order chi connectivity index (χ1) is 10.1. The summed E-state index contributed by atoms with van der Waals surface area (Å²) in [5.74, 6) is -0.948. The van der Waals surface area contributed by atoms with Crippen LogP contribution in [0.15, 0.2) is 54.6 Å². The Hall–Kier alpha value is -2.82. The molecule has 0 radical (unpaired) electrons. The van der Waals surface area contributed by atoms with Gasteiger partial charge in [0.25, 0.3) is 5.91 Å². The second kappa shape index (κ2) is 6.56. The average Bonchev–Trinajstić information content (AvgIpc) is 2.48. The van der Waals surface area contributed by atoms with Crippen molar-refractivity contribution < 1.29 is 14.3 Å². The van der Waals surface area contributed by atoms with E-state index < -0.39 is 12.1 Å². The zero-order valence-corrected chi connectivity index (χ0v) is 11.6. The number of hydrogen-bond donors (Lipinski definition) is 2. The number of carbonyl (C=O) groups is 2. The number of nitrogens with one attached hydrogen (secondary N) is 1. The molecule has 3 N–H and O–H groups in total. The number of carbonyl (C=O) groups excluding carboxylic acids is 2. The Morgan fingerprint density at radius 2 is 1.67 bits per heavy atom. The predicted octanol–water partition coefficient (Wildman–Crippen LogP) is 2.45. The first-order valence-corrected chi connectivity index (χ1v) is 6.48. The molecule has 0 aliphatic rings. The Morgan fingerprint density at radius 3 is 2.29 bits per heavy atom. The van der Waals surface area contributed by atoms with Gasteiger partial charge in [-0.25, -0.2) is 4.79 Å². The van der Waals surface area contributed by atoms with E-state index in [9.17, 15) is 9.59 Å². The summed E-state index contributed by atoms with van der Waals surface area (Å²) in [5.41, 5.74) is 7.10. The molecule has 0 aromatic heterocycles. The van der Waals surface area contributed by atoms with E-state index in [1.807, 2.05) is 6.07 Å². The van der Waals surface area contributed by atoms with E-state index in [2.05, 4.69) is 5.32 Å². The molecule has 0 saturated heterocycles. The van der Waals surface area contributed by atoms with Crippen LogP contribution in [0.25, 0.3) is 0 Å². The zero-order valence-electron chi connectivity index (χ0n) is 11.6. The maximum Gasteiger partial charge on any atom is 0.338 e. The predicted molar refractivity (Wildman–Crippen MR) is 80.8 cm³/mol. The van der Waals surface area contributed by atoms with Crippen LogP contribution in [-0.4, -0.2) is 18.0 Å². The third-order valence-electron chi connectivity index (χ3n) is 2.84. The summed E-state index contributed by atoms with van der Waals surface area (Å²) in [5, 5.41) is 2.67. The van der Waals surface area contributed by atoms with Gasteiger partial charge < -0.3 is 15.8 Å². The van der Waals surface area contributed by atoms with Crippen molar-refractivity contribution in [3.8, 4) is 0 Å². The Balaban J connectivity index is 1.94. The van der Waals surface area contributed by atoms with Crippen molar-refractivity contribution in [3.63, 3.8) is 0 Å². The van der Waals surface area contributed by atoms with E-state index in [1.54, 1.807) is 48.5 Å². The van der Waals surface area contributed by atoms with Gasteiger partial charge in [0.2, 0.25) is 0 Å². The monoisotopic (exact) mass is 284 g/mol. The zero-order chi connectivity index (χ0) is 15.2. The molecule has 0 heterocycles. The van der Waals surface area contributed by atoms with Crippen LogP contribution in [0, 0.1) is 0 Å². The lowest BCUT2D eigenvalue weighted by Gasteiger charge is -2.13. The first kappa shape index (κ1) is 14.6. The molecule has 0 saturated carbocycles. The van der Waals surface area contributed by atoms with Crippen LogP contribution in [0.3, 0.4) is 0 Å². The second-order valence-electron chi connectivity index (χ2n) is 4.52. The number of amides is 1. The fourth-order valence-electron chi connectivity index (χ4n) is 1.67. The minimum Gasteiger partial charge on any atom is -0.449 e. The summed E-state index contributed by atoms with van der Waals surface area (Å²) in [7, 11) is 0. The molecule has 0 aliphatic heterocycles. The Kier molecular flexibility index (Phi) is 4.56. The van der Waals surface area contributed by atoms with Gasteiger partial charge in [-0.2, -0.15) is 0 Å². The van der Waals surface area contributed by atoms with Gasteiger partial charge in [0.05, 0.1) is 5.56 Å². The molecule has 0 spiro atoms. The third-order valence-corrected chi connectivity index (χ3v) is 2.84. The number of ether oxygens (including phenoxy) is 1. The molecule has 0 aliphatic carbocycles. The van der Waals surface area contributed by atoms with Crippen molar-refractivity contribution >= 4 is 23.3 Å². The average molecular weight is 284 g/mol. The molecule has 5 heteroatoms. The van der Waals surface area contributed by atoms with E-state index in [-0.39, 0.29) is 5.91 Å².